The van der Waals surface area contributed by atoms with Crippen LogP contribution in [0.5, 0.6) is 5.75 Å². The first-order chi connectivity index (χ1) is 18.7. The Bertz CT molecular complexity index is 1650. The number of hydrogen-bond acceptors (Lipinski definition) is 8. The van der Waals surface area contributed by atoms with Crippen LogP contribution in [0.1, 0.15) is 31.0 Å². The number of anilines is 1. The van der Waals surface area contributed by atoms with Crippen molar-refractivity contribution in [2.75, 3.05) is 37.7 Å². The number of pyridine rings is 2. The van der Waals surface area contributed by atoms with E-state index in [0.717, 1.165) is 11.6 Å². The summed E-state index contributed by atoms with van der Waals surface area (Å²) in [7, 11) is 0. The lowest BCUT2D eigenvalue weighted by molar-refractivity contribution is -0.0882. The van der Waals surface area contributed by atoms with Gasteiger partial charge in [0.2, 0.25) is 0 Å². The van der Waals surface area contributed by atoms with Gasteiger partial charge in [-0.15, -0.1) is 0 Å². The van der Waals surface area contributed by atoms with Crippen LogP contribution in [0.15, 0.2) is 41.3 Å². The minimum atomic E-state index is -0.851. The molecule has 11 heteroatoms. The number of hydrogen-bond donors (Lipinski definition) is 2. The summed E-state index contributed by atoms with van der Waals surface area (Å²) in [4.78, 5) is 29.2. The summed E-state index contributed by atoms with van der Waals surface area (Å²) in [5.41, 5.74) is 0.159. The van der Waals surface area contributed by atoms with Crippen LogP contribution < -0.4 is 15.9 Å². The first-order valence-corrected chi connectivity index (χ1v) is 12.9. The topological polar surface area (TPSA) is 105 Å². The van der Waals surface area contributed by atoms with Gasteiger partial charge in [-0.3, -0.25) is 4.98 Å². The maximum absolute atomic E-state index is 15.7. The molecule has 4 aromatic rings. The summed E-state index contributed by atoms with van der Waals surface area (Å²) in [5.74, 6) is -1.92. The summed E-state index contributed by atoms with van der Waals surface area (Å²) in [6, 6.07) is 6.69. The van der Waals surface area contributed by atoms with Crippen LogP contribution in [0.2, 0.25) is 0 Å². The highest BCUT2D eigenvalue weighted by atomic mass is 19.1. The average molecular weight is 535 g/mol. The van der Waals surface area contributed by atoms with Gasteiger partial charge < -0.3 is 20.1 Å². The molecule has 0 radical (unpaired) electrons. The van der Waals surface area contributed by atoms with Crippen LogP contribution >= 0.6 is 0 Å². The second kappa shape index (κ2) is 9.35. The Labute approximate surface area is 223 Å². The maximum Gasteiger partial charge on any atom is 0.355 e. The molecule has 1 aromatic carbocycles. The number of fused-ring (bicyclic) bond motifs is 1. The molecule has 0 saturated carbocycles. The number of morpholine rings is 1. The summed E-state index contributed by atoms with van der Waals surface area (Å²) < 4.78 is 37.9. The molecule has 2 saturated heterocycles. The highest BCUT2D eigenvalue weighted by Crippen LogP contribution is 2.37. The van der Waals surface area contributed by atoms with Gasteiger partial charge in [-0.1, -0.05) is 19.9 Å². The van der Waals surface area contributed by atoms with Crippen molar-refractivity contribution in [2.24, 2.45) is 0 Å². The number of benzene rings is 1. The molecule has 9 nitrogen and oxygen atoms in total. The fourth-order valence-electron chi connectivity index (χ4n) is 5.40. The Morgan fingerprint density at radius 1 is 1.15 bits per heavy atom. The van der Waals surface area contributed by atoms with Crippen LogP contribution in [-0.2, 0) is 4.74 Å². The number of aromatic hydroxyl groups is 1. The molecule has 0 unspecified atom stereocenters. The zero-order valence-corrected chi connectivity index (χ0v) is 21.8. The lowest BCUT2D eigenvalue weighted by Gasteiger charge is -2.49. The van der Waals surface area contributed by atoms with Gasteiger partial charge >= 0.3 is 5.69 Å². The van der Waals surface area contributed by atoms with Crippen molar-refractivity contribution >= 4 is 16.9 Å². The van der Waals surface area contributed by atoms with Crippen LogP contribution in [0.25, 0.3) is 28.0 Å². The Kier molecular flexibility index (Phi) is 6.07. The van der Waals surface area contributed by atoms with Crippen LogP contribution in [0, 0.1) is 18.6 Å². The zero-order chi connectivity index (χ0) is 27.5. The fraction of sp³-hybridized carbons (Fsp3) is 0.357. The number of rotatable bonds is 4. The molecule has 6 rings (SSSR count). The van der Waals surface area contributed by atoms with E-state index in [4.69, 9.17) is 4.74 Å². The van der Waals surface area contributed by atoms with Crippen LogP contribution in [0.3, 0.4) is 0 Å². The molecule has 0 atom stereocenters. The maximum atomic E-state index is 15.7. The number of ether oxygens (including phenoxy) is 1. The number of nitrogens with zero attached hydrogens (tertiary/aromatic N) is 5. The van der Waals surface area contributed by atoms with Gasteiger partial charge in [-0.05, 0) is 42.7 Å². The van der Waals surface area contributed by atoms with Gasteiger partial charge in [0.15, 0.2) is 11.5 Å². The number of aromatic nitrogens is 4. The molecule has 0 amide bonds. The summed E-state index contributed by atoms with van der Waals surface area (Å²) in [6.07, 6.45) is 1.67. The van der Waals surface area contributed by atoms with Crippen molar-refractivity contribution in [3.05, 3.63) is 69.9 Å². The normalized spacial score (nSPS) is 16.7. The average Bonchev–Trinajstić information content (AvgIpc) is 2.88. The van der Waals surface area contributed by atoms with Crippen molar-refractivity contribution in [1.29, 1.82) is 0 Å². The fourth-order valence-corrected chi connectivity index (χ4v) is 5.40. The second-order valence-corrected chi connectivity index (χ2v) is 10.5. The molecular formula is C28H28F2N6O3. The van der Waals surface area contributed by atoms with Gasteiger partial charge in [-0.25, -0.2) is 23.1 Å². The molecule has 2 fully saturated rings. The third-order valence-corrected chi connectivity index (χ3v) is 7.40. The monoisotopic (exact) mass is 534 g/mol. The Balaban J connectivity index is 1.68. The van der Waals surface area contributed by atoms with Crippen molar-refractivity contribution in [1.82, 2.24) is 24.8 Å². The Morgan fingerprint density at radius 3 is 2.64 bits per heavy atom. The van der Waals surface area contributed by atoms with Crippen molar-refractivity contribution < 1.29 is 18.6 Å². The van der Waals surface area contributed by atoms with E-state index in [1.54, 1.807) is 12.3 Å². The van der Waals surface area contributed by atoms with E-state index in [-0.39, 0.29) is 28.3 Å². The smallest absolute Gasteiger partial charge is 0.355 e. The molecule has 0 bridgehead atoms. The largest absolute Gasteiger partial charge is 0.507 e. The third-order valence-electron chi connectivity index (χ3n) is 7.40. The molecule has 5 heterocycles. The van der Waals surface area contributed by atoms with Gasteiger partial charge in [-0.2, -0.15) is 4.98 Å². The number of phenols is 1. The van der Waals surface area contributed by atoms with Gasteiger partial charge in [0.25, 0.3) is 0 Å². The van der Waals surface area contributed by atoms with Crippen LogP contribution in [-0.4, -0.2) is 63.0 Å². The van der Waals surface area contributed by atoms with Gasteiger partial charge in [0.05, 0.1) is 35.5 Å². The molecule has 2 aliphatic rings. The molecular weight excluding hydrogens is 506 g/mol. The Hall–Kier alpha value is -3.96. The summed E-state index contributed by atoms with van der Waals surface area (Å²) in [6.45, 7) is 8.41. The third kappa shape index (κ3) is 4.12. The highest BCUT2D eigenvalue weighted by molar-refractivity contribution is 5.91. The molecule has 2 N–H and O–H groups in total. The predicted molar refractivity (Wildman–Crippen MR) is 143 cm³/mol. The minimum Gasteiger partial charge on any atom is -0.507 e. The molecule has 3 aromatic heterocycles. The Morgan fingerprint density at radius 2 is 1.95 bits per heavy atom. The van der Waals surface area contributed by atoms with E-state index in [0.29, 0.717) is 44.2 Å². The molecule has 1 spiro atoms. The quantitative estimate of drug-likeness (QED) is 0.410. The van der Waals surface area contributed by atoms with E-state index in [2.05, 4.69) is 20.3 Å². The lowest BCUT2D eigenvalue weighted by Crippen LogP contribution is -2.69. The van der Waals surface area contributed by atoms with Crippen molar-refractivity contribution in [2.45, 2.75) is 32.3 Å². The summed E-state index contributed by atoms with van der Waals surface area (Å²) in [5, 5.41) is 13.9. The number of nitrogens with one attached hydrogen (secondary N) is 1. The van der Waals surface area contributed by atoms with Crippen molar-refractivity contribution in [3.63, 3.8) is 0 Å². The number of phenolic OH excluding ortho intramolecular Hbond substituents is 1. The highest BCUT2D eigenvalue weighted by Gasteiger charge is 2.43. The first-order valence-electron chi connectivity index (χ1n) is 12.9. The number of aryl methyl sites for hydroxylation is 1. The van der Waals surface area contributed by atoms with Gasteiger partial charge in [0.1, 0.15) is 28.7 Å². The number of halogens is 2. The van der Waals surface area contributed by atoms with E-state index in [1.165, 1.54) is 22.8 Å². The second-order valence-electron chi connectivity index (χ2n) is 10.5. The molecule has 39 heavy (non-hydrogen) atoms. The van der Waals surface area contributed by atoms with E-state index >= 15 is 4.39 Å². The van der Waals surface area contributed by atoms with Crippen LogP contribution in [0.4, 0.5) is 14.6 Å². The zero-order valence-electron chi connectivity index (χ0n) is 21.8. The molecule has 2 aliphatic heterocycles. The van der Waals surface area contributed by atoms with Crippen molar-refractivity contribution in [3.8, 4) is 22.7 Å². The van der Waals surface area contributed by atoms with E-state index in [9.17, 15) is 14.3 Å². The lowest BCUT2D eigenvalue weighted by atomic mass is 9.94. The molecule has 202 valence electrons. The predicted octanol–water partition coefficient (Wildman–Crippen LogP) is 3.44. The summed E-state index contributed by atoms with van der Waals surface area (Å²) >= 11 is 0. The minimum absolute atomic E-state index is 0.0534. The first kappa shape index (κ1) is 25.3. The SMILES string of the molecule is Cc1ccnc(C(C)C)c1-n1c(=O)nc(N2CCOC3(CNC3)C2)c2cc(F)c(-c3c(O)cccc3F)nc21. The standard InChI is InChI=1S/C28H28F2N6O3/c1-15(2)22-24(16(3)7-8-32-22)36-26-17(11-19(30)23(33-26)21-18(29)5-4-6-20(21)37)25(34-27(36)38)35-9-10-39-28(14-35)12-31-13-28/h4-8,11,15,31,37H,9-10,12-14H2,1-3H3. The van der Waals surface area contributed by atoms with E-state index < -0.39 is 34.4 Å². The van der Waals surface area contributed by atoms with E-state index in [1.807, 2.05) is 25.7 Å². The van der Waals surface area contributed by atoms with Gasteiger partial charge in [0, 0.05) is 25.8 Å². The molecule has 0 aliphatic carbocycles.